The zero-order valence-electron chi connectivity index (χ0n) is 25.4. The standard InChI is InChI=1S/C39H34ClNO4/c1-26-21-23-28(24-22-26)39(27-13-5-4-6-14-27,34-19-11-12-20-35(34)40)45-36(42)38(2,3)41-37(43)44-25-33-31-17-9-7-15-29(31)30-16-8-10-18-32(30)33/h4-24,33H,25H2,1-3H3,(H,41,43). The number of amides is 1. The number of halogens is 1. The van der Waals surface area contributed by atoms with Crippen molar-refractivity contribution in [2.75, 3.05) is 6.61 Å². The first-order chi connectivity index (χ1) is 21.7. The number of fused-ring (bicyclic) bond motifs is 3. The maximum absolute atomic E-state index is 14.2. The highest BCUT2D eigenvalue weighted by atomic mass is 35.5. The molecule has 0 fully saturated rings. The number of nitrogens with one attached hydrogen (secondary N) is 1. The third-order valence-corrected chi connectivity index (χ3v) is 8.74. The number of alkyl carbamates (subject to hydrolysis) is 1. The average Bonchev–Trinajstić information content (AvgIpc) is 3.37. The predicted octanol–water partition coefficient (Wildman–Crippen LogP) is 8.80. The highest BCUT2D eigenvalue weighted by Gasteiger charge is 2.46. The van der Waals surface area contributed by atoms with E-state index in [1.165, 1.54) is 0 Å². The Morgan fingerprint density at radius 1 is 0.711 bits per heavy atom. The molecule has 6 rings (SSSR count). The maximum atomic E-state index is 14.2. The Bertz CT molecular complexity index is 1810. The van der Waals surface area contributed by atoms with Gasteiger partial charge in [0.05, 0.1) is 0 Å². The molecule has 0 aromatic heterocycles. The van der Waals surface area contributed by atoms with Gasteiger partial charge in [-0.25, -0.2) is 9.59 Å². The molecule has 1 aliphatic carbocycles. The molecule has 0 bridgehead atoms. The van der Waals surface area contributed by atoms with E-state index in [1.807, 2.05) is 104 Å². The molecule has 226 valence electrons. The van der Waals surface area contributed by atoms with Crippen LogP contribution in [0.15, 0.2) is 127 Å². The van der Waals surface area contributed by atoms with Crippen molar-refractivity contribution in [1.82, 2.24) is 5.32 Å². The molecule has 1 N–H and O–H groups in total. The van der Waals surface area contributed by atoms with Crippen LogP contribution in [-0.4, -0.2) is 24.2 Å². The Morgan fingerprint density at radius 2 is 1.24 bits per heavy atom. The molecular formula is C39H34ClNO4. The lowest BCUT2D eigenvalue weighted by atomic mass is 9.79. The first-order valence-corrected chi connectivity index (χ1v) is 15.3. The third kappa shape index (κ3) is 5.72. The molecule has 0 saturated heterocycles. The van der Waals surface area contributed by atoms with Crippen LogP contribution in [-0.2, 0) is 19.9 Å². The lowest BCUT2D eigenvalue weighted by Crippen LogP contribution is -2.53. The quantitative estimate of drug-likeness (QED) is 0.140. The molecule has 6 heteroatoms. The van der Waals surface area contributed by atoms with E-state index in [1.54, 1.807) is 19.9 Å². The summed E-state index contributed by atoms with van der Waals surface area (Å²) in [4.78, 5) is 27.4. The van der Waals surface area contributed by atoms with Gasteiger partial charge in [-0.3, -0.25) is 0 Å². The molecular weight excluding hydrogens is 582 g/mol. The normalized spacial score (nSPS) is 13.7. The van der Waals surface area contributed by atoms with Gasteiger partial charge in [0.15, 0.2) is 5.60 Å². The molecule has 5 nitrogen and oxygen atoms in total. The Morgan fingerprint density at radius 3 is 1.87 bits per heavy atom. The summed E-state index contributed by atoms with van der Waals surface area (Å²) in [7, 11) is 0. The van der Waals surface area contributed by atoms with E-state index >= 15 is 0 Å². The summed E-state index contributed by atoms with van der Waals surface area (Å²) in [5.41, 5.74) is 4.74. The number of rotatable bonds is 8. The lowest BCUT2D eigenvalue weighted by Gasteiger charge is -2.38. The number of ether oxygens (including phenoxy) is 2. The molecule has 1 atom stereocenters. The van der Waals surface area contributed by atoms with E-state index in [2.05, 4.69) is 29.6 Å². The zero-order chi connectivity index (χ0) is 31.6. The summed E-state index contributed by atoms with van der Waals surface area (Å²) >= 11 is 6.82. The minimum atomic E-state index is -1.45. The summed E-state index contributed by atoms with van der Waals surface area (Å²) in [5.74, 6) is -0.758. The van der Waals surface area contributed by atoms with Gasteiger partial charge in [0.25, 0.3) is 0 Å². The van der Waals surface area contributed by atoms with Gasteiger partial charge in [-0.15, -0.1) is 0 Å². The third-order valence-electron chi connectivity index (χ3n) is 8.41. The van der Waals surface area contributed by atoms with E-state index < -0.39 is 23.2 Å². The summed E-state index contributed by atoms with van der Waals surface area (Å²) < 4.78 is 12.3. The van der Waals surface area contributed by atoms with Crippen LogP contribution in [0.25, 0.3) is 11.1 Å². The van der Waals surface area contributed by atoms with Crippen LogP contribution >= 0.6 is 11.6 Å². The van der Waals surface area contributed by atoms with Crippen LogP contribution < -0.4 is 5.32 Å². The Labute approximate surface area is 268 Å². The van der Waals surface area contributed by atoms with Crippen molar-refractivity contribution < 1.29 is 19.1 Å². The number of hydrogen-bond donors (Lipinski definition) is 1. The van der Waals surface area contributed by atoms with Crippen LogP contribution in [0.1, 0.15) is 53.1 Å². The molecule has 5 aromatic rings. The van der Waals surface area contributed by atoms with Gasteiger partial charge in [0, 0.05) is 27.6 Å². The van der Waals surface area contributed by atoms with E-state index in [4.69, 9.17) is 21.1 Å². The predicted molar refractivity (Wildman–Crippen MR) is 177 cm³/mol. The number of carbonyl (C=O) groups is 2. The number of carbonyl (C=O) groups excluding carboxylic acids is 2. The molecule has 1 unspecified atom stereocenters. The Kier molecular flexibility index (Phi) is 8.22. The van der Waals surface area contributed by atoms with Crippen LogP contribution in [0.4, 0.5) is 4.79 Å². The molecule has 0 aliphatic heterocycles. The summed E-state index contributed by atoms with van der Waals surface area (Å²) in [6.07, 6.45) is -0.711. The van der Waals surface area contributed by atoms with Crippen molar-refractivity contribution in [3.8, 4) is 11.1 Å². The van der Waals surface area contributed by atoms with Crippen molar-refractivity contribution in [2.45, 2.75) is 37.8 Å². The van der Waals surface area contributed by atoms with Crippen LogP contribution in [0.5, 0.6) is 0 Å². The molecule has 0 spiro atoms. The van der Waals surface area contributed by atoms with Gasteiger partial charge < -0.3 is 14.8 Å². The fourth-order valence-electron chi connectivity index (χ4n) is 6.07. The first-order valence-electron chi connectivity index (χ1n) is 14.9. The van der Waals surface area contributed by atoms with Crippen molar-refractivity contribution in [2.24, 2.45) is 0 Å². The first kappa shape index (κ1) is 30.2. The summed E-state index contributed by atoms with van der Waals surface area (Å²) in [6, 6.07) is 40.9. The highest BCUT2D eigenvalue weighted by molar-refractivity contribution is 6.31. The largest absolute Gasteiger partial charge is 0.449 e. The monoisotopic (exact) mass is 615 g/mol. The van der Waals surface area contributed by atoms with Gasteiger partial charge in [-0.05, 0) is 49.1 Å². The van der Waals surface area contributed by atoms with Crippen molar-refractivity contribution in [3.63, 3.8) is 0 Å². The molecule has 0 saturated carbocycles. The van der Waals surface area contributed by atoms with Gasteiger partial charge in [-0.2, -0.15) is 0 Å². The van der Waals surface area contributed by atoms with Crippen LogP contribution in [0.2, 0.25) is 5.02 Å². The number of hydrogen-bond acceptors (Lipinski definition) is 4. The number of esters is 1. The molecule has 0 heterocycles. The Balaban J connectivity index is 1.28. The van der Waals surface area contributed by atoms with Crippen molar-refractivity contribution in [1.29, 1.82) is 0 Å². The second-order valence-corrected chi connectivity index (χ2v) is 12.3. The minimum absolute atomic E-state index is 0.106. The molecule has 1 amide bonds. The average molecular weight is 616 g/mol. The van der Waals surface area contributed by atoms with E-state index in [-0.39, 0.29) is 12.5 Å². The van der Waals surface area contributed by atoms with Gasteiger partial charge in [0.1, 0.15) is 12.1 Å². The second-order valence-electron chi connectivity index (χ2n) is 11.9. The summed E-state index contributed by atoms with van der Waals surface area (Å²) in [6.45, 7) is 5.33. The summed E-state index contributed by atoms with van der Waals surface area (Å²) in [5, 5.41) is 3.20. The molecule has 1 aliphatic rings. The molecule has 5 aromatic carbocycles. The molecule has 45 heavy (non-hydrogen) atoms. The van der Waals surface area contributed by atoms with Crippen molar-refractivity contribution >= 4 is 23.7 Å². The van der Waals surface area contributed by atoms with E-state index in [0.29, 0.717) is 16.1 Å². The maximum Gasteiger partial charge on any atom is 0.408 e. The Hall–Kier alpha value is -4.87. The fraction of sp³-hybridized carbons (Fsp3) is 0.179. The highest BCUT2D eigenvalue weighted by Crippen LogP contribution is 2.45. The van der Waals surface area contributed by atoms with Crippen LogP contribution in [0, 0.1) is 6.92 Å². The number of aryl methyl sites for hydroxylation is 1. The fourth-order valence-corrected chi connectivity index (χ4v) is 6.33. The smallest absolute Gasteiger partial charge is 0.408 e. The topological polar surface area (TPSA) is 64.6 Å². The zero-order valence-corrected chi connectivity index (χ0v) is 26.2. The van der Waals surface area contributed by atoms with E-state index in [0.717, 1.165) is 33.4 Å². The van der Waals surface area contributed by atoms with Crippen molar-refractivity contribution in [3.05, 3.63) is 166 Å². The number of benzene rings is 5. The van der Waals surface area contributed by atoms with Gasteiger partial charge in [0.2, 0.25) is 0 Å². The molecule has 0 radical (unpaired) electrons. The van der Waals surface area contributed by atoms with Gasteiger partial charge in [-0.1, -0.05) is 138 Å². The van der Waals surface area contributed by atoms with Crippen LogP contribution in [0.3, 0.4) is 0 Å². The lowest BCUT2D eigenvalue weighted by molar-refractivity contribution is -0.160. The minimum Gasteiger partial charge on any atom is -0.449 e. The van der Waals surface area contributed by atoms with E-state index in [9.17, 15) is 9.59 Å². The van der Waals surface area contributed by atoms with Gasteiger partial charge >= 0.3 is 12.1 Å². The SMILES string of the molecule is Cc1ccc(C(OC(=O)C(C)(C)NC(=O)OCC2c3ccccc3-c3ccccc32)(c2ccccc2)c2ccccc2Cl)cc1. The second kappa shape index (κ2) is 12.3.